The van der Waals surface area contributed by atoms with Crippen LogP contribution >= 0.6 is 0 Å². The van der Waals surface area contributed by atoms with Crippen LogP contribution in [0, 0.1) is 11.3 Å². The monoisotopic (exact) mass is 502 g/mol. The summed E-state index contributed by atoms with van der Waals surface area (Å²) in [4.78, 5) is 19.6. The number of aromatic nitrogens is 2. The Kier molecular flexibility index (Phi) is 8.08. The van der Waals surface area contributed by atoms with Crippen LogP contribution in [0.4, 0.5) is 4.79 Å². The summed E-state index contributed by atoms with van der Waals surface area (Å²) in [5, 5.41) is 3.85. The molecule has 1 aliphatic rings. The number of imidazole rings is 1. The number of amides is 1. The fourth-order valence-corrected chi connectivity index (χ4v) is 4.88. The molecular formula is C31H42N4O2. The van der Waals surface area contributed by atoms with Crippen molar-refractivity contribution < 1.29 is 9.53 Å². The van der Waals surface area contributed by atoms with Crippen molar-refractivity contribution in [1.29, 1.82) is 0 Å². The minimum absolute atomic E-state index is 0.0456. The zero-order valence-electron chi connectivity index (χ0n) is 23.2. The van der Waals surface area contributed by atoms with E-state index >= 15 is 0 Å². The van der Waals surface area contributed by atoms with E-state index in [1.54, 1.807) is 0 Å². The molecule has 1 aliphatic heterocycles. The summed E-state index contributed by atoms with van der Waals surface area (Å²) in [6, 6.07) is 21.0. The minimum atomic E-state index is -0.475. The maximum atomic E-state index is 12.6. The van der Waals surface area contributed by atoms with Crippen LogP contribution in [0.2, 0.25) is 0 Å². The van der Waals surface area contributed by atoms with E-state index in [1.165, 1.54) is 5.56 Å². The summed E-state index contributed by atoms with van der Waals surface area (Å²) in [7, 11) is 0. The van der Waals surface area contributed by atoms with Gasteiger partial charge in [-0.1, -0.05) is 81.4 Å². The molecule has 4 rings (SSSR count). The molecular weight excluding hydrogens is 460 g/mol. The van der Waals surface area contributed by atoms with Crippen molar-refractivity contribution >= 4 is 6.09 Å². The number of nitrogens with one attached hydrogen (secondary N) is 1. The number of carbonyl (C=O) groups is 1. The summed E-state index contributed by atoms with van der Waals surface area (Å²) in [5.74, 6) is 1.42. The lowest BCUT2D eigenvalue weighted by Gasteiger charge is -2.32. The Morgan fingerprint density at radius 3 is 2.30 bits per heavy atom. The molecule has 1 saturated heterocycles. The van der Waals surface area contributed by atoms with Crippen molar-refractivity contribution in [3.05, 3.63) is 78.2 Å². The highest BCUT2D eigenvalue weighted by Crippen LogP contribution is 2.35. The Morgan fingerprint density at radius 1 is 1.03 bits per heavy atom. The van der Waals surface area contributed by atoms with E-state index in [4.69, 9.17) is 9.72 Å². The summed E-state index contributed by atoms with van der Waals surface area (Å²) in [6.45, 7) is 15.6. The molecule has 1 aromatic heterocycles. The van der Waals surface area contributed by atoms with Crippen molar-refractivity contribution in [3.8, 4) is 11.3 Å². The molecule has 2 heterocycles. The first-order valence-electron chi connectivity index (χ1n) is 13.4. The number of hydrogen-bond acceptors (Lipinski definition) is 4. The summed E-state index contributed by atoms with van der Waals surface area (Å²) in [5.41, 5.74) is 2.82. The average molecular weight is 503 g/mol. The van der Waals surface area contributed by atoms with Gasteiger partial charge in [0.1, 0.15) is 11.4 Å². The molecule has 2 aromatic carbocycles. The number of rotatable bonds is 7. The average Bonchev–Trinajstić information content (AvgIpc) is 3.47. The quantitative estimate of drug-likeness (QED) is 0.399. The molecule has 0 spiro atoms. The van der Waals surface area contributed by atoms with Gasteiger partial charge in [-0.05, 0) is 44.1 Å². The fourth-order valence-electron chi connectivity index (χ4n) is 4.88. The van der Waals surface area contributed by atoms with Crippen molar-refractivity contribution in [2.24, 2.45) is 11.3 Å². The van der Waals surface area contributed by atoms with Gasteiger partial charge >= 0.3 is 6.09 Å². The Balaban J connectivity index is 1.55. The first-order chi connectivity index (χ1) is 17.5. The van der Waals surface area contributed by atoms with Crippen LogP contribution in [-0.2, 0) is 11.3 Å². The molecule has 3 aromatic rings. The van der Waals surface area contributed by atoms with E-state index in [0.717, 1.165) is 43.1 Å². The van der Waals surface area contributed by atoms with Crippen LogP contribution in [0.3, 0.4) is 0 Å². The molecule has 0 unspecified atom stereocenters. The Bertz CT molecular complexity index is 1160. The predicted octanol–water partition coefficient (Wildman–Crippen LogP) is 6.53. The van der Waals surface area contributed by atoms with Crippen molar-refractivity contribution in [3.63, 3.8) is 0 Å². The standard InChI is InChI=1S/C31H42N4O2/c1-30(2,3)27(32-19-24-17-18-34(21-24)29(36)37-31(4,5)6)28-33-26(25-15-11-8-12-16-25)22-35(28)20-23-13-9-7-10-14-23/h7-16,22,24,27,32H,17-21H2,1-6H3/t24-,27-/m0/s1. The second-order valence-electron chi connectivity index (χ2n) is 12.3. The van der Waals surface area contributed by atoms with Crippen LogP contribution in [0.1, 0.15) is 65.4 Å². The van der Waals surface area contributed by atoms with E-state index in [-0.39, 0.29) is 17.6 Å². The molecule has 198 valence electrons. The van der Waals surface area contributed by atoms with Gasteiger partial charge in [-0.25, -0.2) is 9.78 Å². The van der Waals surface area contributed by atoms with Crippen LogP contribution in [0.25, 0.3) is 11.3 Å². The SMILES string of the molecule is CC(C)(C)OC(=O)N1CC[C@@H](CN[C@@H](c2nc(-c3ccccc3)cn2Cc2ccccc2)C(C)(C)C)C1. The molecule has 2 atom stereocenters. The van der Waals surface area contributed by atoms with Crippen molar-refractivity contribution in [2.45, 2.75) is 66.2 Å². The lowest BCUT2D eigenvalue weighted by atomic mass is 9.85. The van der Waals surface area contributed by atoms with E-state index in [0.29, 0.717) is 12.5 Å². The predicted molar refractivity (Wildman–Crippen MR) is 149 cm³/mol. The third-order valence-electron chi connectivity index (χ3n) is 6.75. The molecule has 1 fully saturated rings. The van der Waals surface area contributed by atoms with Crippen LogP contribution in [-0.4, -0.2) is 45.8 Å². The number of hydrogen-bond donors (Lipinski definition) is 1. The van der Waals surface area contributed by atoms with E-state index < -0.39 is 5.60 Å². The van der Waals surface area contributed by atoms with Gasteiger partial charge in [0.15, 0.2) is 0 Å². The third-order valence-corrected chi connectivity index (χ3v) is 6.75. The van der Waals surface area contributed by atoms with E-state index in [9.17, 15) is 4.79 Å². The lowest BCUT2D eigenvalue weighted by molar-refractivity contribution is 0.0287. The smallest absolute Gasteiger partial charge is 0.410 e. The van der Waals surface area contributed by atoms with E-state index in [2.05, 4.69) is 91.4 Å². The van der Waals surface area contributed by atoms with Gasteiger partial charge in [0.2, 0.25) is 0 Å². The van der Waals surface area contributed by atoms with Crippen molar-refractivity contribution in [1.82, 2.24) is 19.8 Å². The highest BCUT2D eigenvalue weighted by atomic mass is 16.6. The lowest BCUT2D eigenvalue weighted by Crippen LogP contribution is -2.39. The Hall–Kier alpha value is -3.12. The molecule has 0 radical (unpaired) electrons. The van der Waals surface area contributed by atoms with Gasteiger partial charge in [0.25, 0.3) is 0 Å². The van der Waals surface area contributed by atoms with E-state index in [1.807, 2.05) is 31.7 Å². The molecule has 6 heteroatoms. The zero-order valence-corrected chi connectivity index (χ0v) is 23.2. The van der Waals surface area contributed by atoms with Gasteiger partial charge in [0, 0.05) is 37.9 Å². The van der Waals surface area contributed by atoms with Crippen molar-refractivity contribution in [2.75, 3.05) is 19.6 Å². The zero-order chi connectivity index (χ0) is 26.6. The highest BCUT2D eigenvalue weighted by molar-refractivity contribution is 5.68. The largest absolute Gasteiger partial charge is 0.444 e. The minimum Gasteiger partial charge on any atom is -0.444 e. The third kappa shape index (κ3) is 7.22. The maximum Gasteiger partial charge on any atom is 0.410 e. The number of benzene rings is 2. The number of nitrogens with zero attached hydrogens (tertiary/aromatic N) is 3. The van der Waals surface area contributed by atoms with Crippen LogP contribution in [0.5, 0.6) is 0 Å². The molecule has 0 saturated carbocycles. The number of ether oxygens (including phenoxy) is 1. The first-order valence-corrected chi connectivity index (χ1v) is 13.4. The number of carbonyl (C=O) groups excluding carboxylic acids is 1. The molecule has 1 amide bonds. The number of likely N-dealkylation sites (tertiary alicyclic amines) is 1. The Morgan fingerprint density at radius 2 is 1.68 bits per heavy atom. The maximum absolute atomic E-state index is 12.6. The van der Waals surface area contributed by atoms with Gasteiger partial charge in [-0.2, -0.15) is 0 Å². The summed E-state index contributed by atoms with van der Waals surface area (Å²) < 4.78 is 7.88. The Labute approximate surface area is 222 Å². The first kappa shape index (κ1) is 26.9. The molecule has 0 bridgehead atoms. The van der Waals surface area contributed by atoms with Gasteiger partial charge in [-0.3, -0.25) is 0 Å². The summed E-state index contributed by atoms with van der Waals surface area (Å²) >= 11 is 0. The van der Waals surface area contributed by atoms with Gasteiger partial charge < -0.3 is 19.5 Å². The second-order valence-corrected chi connectivity index (χ2v) is 12.3. The summed E-state index contributed by atoms with van der Waals surface area (Å²) in [6.07, 6.45) is 2.93. The second kappa shape index (κ2) is 11.1. The van der Waals surface area contributed by atoms with Crippen LogP contribution < -0.4 is 5.32 Å². The normalized spacial score (nSPS) is 17.1. The topological polar surface area (TPSA) is 59.4 Å². The highest BCUT2D eigenvalue weighted by Gasteiger charge is 2.34. The molecule has 37 heavy (non-hydrogen) atoms. The van der Waals surface area contributed by atoms with Gasteiger partial charge in [-0.15, -0.1) is 0 Å². The fraction of sp³-hybridized carbons (Fsp3) is 0.484. The molecule has 0 aliphatic carbocycles. The molecule has 6 nitrogen and oxygen atoms in total. The van der Waals surface area contributed by atoms with Crippen LogP contribution in [0.15, 0.2) is 66.9 Å². The molecule has 1 N–H and O–H groups in total. The van der Waals surface area contributed by atoms with Gasteiger partial charge in [0.05, 0.1) is 11.7 Å².